The Morgan fingerprint density at radius 1 is 1.25 bits per heavy atom. The third kappa shape index (κ3) is 4.13. The summed E-state index contributed by atoms with van der Waals surface area (Å²) in [5.74, 6) is 0.123. The van der Waals surface area contributed by atoms with Gasteiger partial charge in [0, 0.05) is 0 Å². The van der Waals surface area contributed by atoms with Crippen molar-refractivity contribution in [2.75, 3.05) is 6.61 Å². The standard InChI is InChI=1S/C13H16N4O3/c1-2-20-13(18)8-17-12(14-15-16-17)10-19-9-11-6-4-3-5-7-11/h3-7H,2,8-10H2,1H3. The highest BCUT2D eigenvalue weighted by molar-refractivity contribution is 5.68. The lowest BCUT2D eigenvalue weighted by Gasteiger charge is -2.05. The second-order valence-electron chi connectivity index (χ2n) is 4.04. The molecule has 0 fully saturated rings. The fourth-order valence-electron chi connectivity index (χ4n) is 1.61. The highest BCUT2D eigenvalue weighted by Crippen LogP contribution is 2.03. The molecule has 1 aromatic heterocycles. The Morgan fingerprint density at radius 3 is 2.80 bits per heavy atom. The molecule has 0 aliphatic heterocycles. The second-order valence-corrected chi connectivity index (χ2v) is 4.04. The Balaban J connectivity index is 1.84. The summed E-state index contributed by atoms with van der Waals surface area (Å²) in [5, 5.41) is 11.1. The van der Waals surface area contributed by atoms with Gasteiger partial charge in [0.15, 0.2) is 5.82 Å². The van der Waals surface area contributed by atoms with Crippen LogP contribution >= 0.6 is 0 Å². The number of ether oxygens (including phenoxy) is 2. The van der Waals surface area contributed by atoms with E-state index in [9.17, 15) is 4.79 Å². The molecular formula is C13H16N4O3. The number of aromatic nitrogens is 4. The van der Waals surface area contributed by atoms with E-state index >= 15 is 0 Å². The van der Waals surface area contributed by atoms with E-state index in [1.165, 1.54) is 4.68 Å². The molecule has 0 amide bonds. The van der Waals surface area contributed by atoms with Gasteiger partial charge in [0.1, 0.15) is 13.2 Å². The Labute approximate surface area is 116 Å². The smallest absolute Gasteiger partial charge is 0.327 e. The van der Waals surface area contributed by atoms with Crippen LogP contribution in [0, 0.1) is 0 Å². The molecule has 7 nitrogen and oxygen atoms in total. The van der Waals surface area contributed by atoms with Gasteiger partial charge < -0.3 is 9.47 Å². The predicted molar refractivity (Wildman–Crippen MR) is 69.4 cm³/mol. The Hall–Kier alpha value is -2.28. The van der Waals surface area contributed by atoms with Crippen LogP contribution < -0.4 is 0 Å². The Kier molecular flexibility index (Phi) is 5.19. The number of hydrogen-bond acceptors (Lipinski definition) is 6. The fourth-order valence-corrected chi connectivity index (χ4v) is 1.61. The summed E-state index contributed by atoms with van der Waals surface area (Å²) in [5.41, 5.74) is 1.07. The van der Waals surface area contributed by atoms with Gasteiger partial charge in [0.2, 0.25) is 0 Å². The summed E-state index contributed by atoms with van der Waals surface area (Å²) in [7, 11) is 0. The second kappa shape index (κ2) is 7.34. The zero-order chi connectivity index (χ0) is 14.2. The Morgan fingerprint density at radius 2 is 2.05 bits per heavy atom. The molecule has 0 unspecified atom stereocenters. The SMILES string of the molecule is CCOC(=O)Cn1nnnc1COCc1ccccc1. The van der Waals surface area contributed by atoms with Crippen LogP contribution in [-0.4, -0.2) is 32.8 Å². The van der Waals surface area contributed by atoms with Gasteiger partial charge in [-0.25, -0.2) is 4.68 Å². The highest BCUT2D eigenvalue weighted by Gasteiger charge is 2.11. The monoisotopic (exact) mass is 276 g/mol. The zero-order valence-corrected chi connectivity index (χ0v) is 11.2. The molecule has 0 aliphatic carbocycles. The number of hydrogen-bond donors (Lipinski definition) is 0. The van der Waals surface area contributed by atoms with E-state index in [1.807, 2.05) is 30.3 Å². The van der Waals surface area contributed by atoms with E-state index < -0.39 is 0 Å². The summed E-state index contributed by atoms with van der Waals surface area (Å²) in [6.45, 7) is 2.78. The number of benzene rings is 1. The van der Waals surface area contributed by atoms with Crippen molar-refractivity contribution in [2.24, 2.45) is 0 Å². The minimum Gasteiger partial charge on any atom is -0.465 e. The lowest BCUT2D eigenvalue weighted by molar-refractivity contribution is -0.144. The maximum absolute atomic E-state index is 11.4. The van der Waals surface area contributed by atoms with Gasteiger partial charge in [-0.15, -0.1) is 5.10 Å². The van der Waals surface area contributed by atoms with Crippen LogP contribution in [0.2, 0.25) is 0 Å². The van der Waals surface area contributed by atoms with Crippen LogP contribution in [0.5, 0.6) is 0 Å². The molecule has 1 heterocycles. The van der Waals surface area contributed by atoms with E-state index in [2.05, 4.69) is 15.5 Å². The number of rotatable bonds is 7. The van der Waals surface area contributed by atoms with Crippen LogP contribution in [0.15, 0.2) is 30.3 Å². The van der Waals surface area contributed by atoms with Gasteiger partial charge in [-0.3, -0.25) is 4.79 Å². The first kappa shape index (κ1) is 14.1. The lowest BCUT2D eigenvalue weighted by Crippen LogP contribution is -2.17. The van der Waals surface area contributed by atoms with Gasteiger partial charge in [-0.1, -0.05) is 30.3 Å². The van der Waals surface area contributed by atoms with E-state index in [4.69, 9.17) is 9.47 Å². The molecule has 7 heteroatoms. The molecular weight excluding hydrogens is 260 g/mol. The maximum Gasteiger partial charge on any atom is 0.327 e. The first-order valence-electron chi connectivity index (χ1n) is 6.32. The number of carbonyl (C=O) groups is 1. The largest absolute Gasteiger partial charge is 0.465 e. The number of tetrazole rings is 1. The molecule has 0 atom stereocenters. The van der Waals surface area contributed by atoms with Crippen molar-refractivity contribution in [3.8, 4) is 0 Å². The third-order valence-corrected chi connectivity index (χ3v) is 2.53. The molecule has 0 aliphatic rings. The van der Waals surface area contributed by atoms with Crippen LogP contribution in [0.1, 0.15) is 18.3 Å². The molecule has 2 aromatic rings. The van der Waals surface area contributed by atoms with Crippen molar-refractivity contribution >= 4 is 5.97 Å². The summed E-state index contributed by atoms with van der Waals surface area (Å²) >= 11 is 0. The molecule has 0 saturated carbocycles. The van der Waals surface area contributed by atoms with E-state index in [1.54, 1.807) is 6.92 Å². The van der Waals surface area contributed by atoms with Gasteiger partial charge >= 0.3 is 5.97 Å². The average molecular weight is 276 g/mol. The summed E-state index contributed by atoms with van der Waals surface area (Å²) in [6.07, 6.45) is 0. The van der Waals surface area contributed by atoms with Gasteiger partial charge in [-0.2, -0.15) is 0 Å². The first-order valence-corrected chi connectivity index (χ1v) is 6.32. The molecule has 106 valence electrons. The molecule has 0 radical (unpaired) electrons. The van der Waals surface area contributed by atoms with Gasteiger partial charge in [0.05, 0.1) is 13.2 Å². The lowest BCUT2D eigenvalue weighted by atomic mass is 10.2. The topological polar surface area (TPSA) is 79.1 Å². The fraction of sp³-hybridized carbons (Fsp3) is 0.385. The maximum atomic E-state index is 11.4. The number of nitrogens with zero attached hydrogens (tertiary/aromatic N) is 4. The van der Waals surface area contributed by atoms with E-state index in [0.29, 0.717) is 19.0 Å². The van der Waals surface area contributed by atoms with Gasteiger partial charge in [0.25, 0.3) is 0 Å². The minimum atomic E-state index is -0.371. The van der Waals surface area contributed by atoms with Crippen molar-refractivity contribution in [1.29, 1.82) is 0 Å². The average Bonchev–Trinajstić information content (AvgIpc) is 2.88. The molecule has 0 saturated heterocycles. The molecule has 1 aromatic carbocycles. The van der Waals surface area contributed by atoms with Gasteiger partial charge in [-0.05, 0) is 22.9 Å². The third-order valence-electron chi connectivity index (χ3n) is 2.53. The van der Waals surface area contributed by atoms with Crippen molar-refractivity contribution in [1.82, 2.24) is 20.2 Å². The van der Waals surface area contributed by atoms with E-state index in [0.717, 1.165) is 5.56 Å². The zero-order valence-electron chi connectivity index (χ0n) is 11.2. The molecule has 0 bridgehead atoms. The Bertz CT molecular complexity index is 542. The van der Waals surface area contributed by atoms with Crippen LogP contribution in [0.3, 0.4) is 0 Å². The van der Waals surface area contributed by atoms with Crippen molar-refractivity contribution in [3.63, 3.8) is 0 Å². The highest BCUT2D eigenvalue weighted by atomic mass is 16.5. The first-order chi connectivity index (χ1) is 9.79. The predicted octanol–water partition coefficient (Wildman–Crippen LogP) is 0.953. The summed E-state index contributed by atoms with van der Waals surface area (Å²) in [6, 6.07) is 9.79. The normalized spacial score (nSPS) is 10.4. The summed E-state index contributed by atoms with van der Waals surface area (Å²) < 4.78 is 11.8. The van der Waals surface area contributed by atoms with Crippen molar-refractivity contribution in [3.05, 3.63) is 41.7 Å². The molecule has 0 spiro atoms. The molecule has 0 N–H and O–H groups in total. The quantitative estimate of drug-likeness (QED) is 0.701. The number of carbonyl (C=O) groups excluding carboxylic acids is 1. The summed E-state index contributed by atoms with van der Waals surface area (Å²) in [4.78, 5) is 11.4. The molecule has 20 heavy (non-hydrogen) atoms. The minimum absolute atomic E-state index is 0.00906. The van der Waals surface area contributed by atoms with Crippen LogP contribution in [-0.2, 0) is 34.0 Å². The van der Waals surface area contributed by atoms with Crippen molar-refractivity contribution in [2.45, 2.75) is 26.7 Å². The van der Waals surface area contributed by atoms with Crippen LogP contribution in [0.4, 0.5) is 0 Å². The van der Waals surface area contributed by atoms with E-state index in [-0.39, 0.29) is 19.1 Å². The van der Waals surface area contributed by atoms with Crippen LogP contribution in [0.25, 0.3) is 0 Å². The van der Waals surface area contributed by atoms with Crippen molar-refractivity contribution < 1.29 is 14.3 Å². The number of esters is 1. The molecule has 2 rings (SSSR count).